The molecule has 0 spiro atoms. The molecular formula is C22H23N3O4S3. The van der Waals surface area contributed by atoms with E-state index in [0.29, 0.717) is 30.9 Å². The van der Waals surface area contributed by atoms with Gasteiger partial charge in [0.25, 0.3) is 5.91 Å². The Morgan fingerprint density at radius 3 is 2.78 bits per heavy atom. The van der Waals surface area contributed by atoms with Crippen molar-refractivity contribution >= 4 is 59.9 Å². The van der Waals surface area contributed by atoms with Crippen molar-refractivity contribution in [1.82, 2.24) is 4.98 Å². The van der Waals surface area contributed by atoms with Gasteiger partial charge in [0.15, 0.2) is 15.0 Å². The van der Waals surface area contributed by atoms with Crippen LogP contribution < -0.4 is 10.2 Å². The average Bonchev–Trinajstić information content (AvgIpc) is 3.37. The minimum atomic E-state index is -2.96. The Kier molecular flexibility index (Phi) is 6.11. The van der Waals surface area contributed by atoms with E-state index < -0.39 is 9.84 Å². The monoisotopic (exact) mass is 489 g/mol. The van der Waals surface area contributed by atoms with Gasteiger partial charge in [0.1, 0.15) is 0 Å². The fourth-order valence-corrected chi connectivity index (χ4v) is 8.55. The van der Waals surface area contributed by atoms with Gasteiger partial charge < -0.3 is 15.0 Å². The summed E-state index contributed by atoms with van der Waals surface area (Å²) in [7, 11) is -2.96. The summed E-state index contributed by atoms with van der Waals surface area (Å²) < 4.78 is 30.0. The molecule has 0 saturated carbocycles. The predicted octanol–water partition coefficient (Wildman–Crippen LogP) is 3.66. The molecular weight excluding hydrogens is 466 g/mol. The first-order valence-corrected chi connectivity index (χ1v) is 14.0. The highest BCUT2D eigenvalue weighted by atomic mass is 32.2. The molecule has 1 unspecified atom stereocenters. The third kappa shape index (κ3) is 4.78. The molecule has 168 valence electrons. The van der Waals surface area contributed by atoms with Crippen LogP contribution in [0.25, 0.3) is 10.2 Å². The lowest BCUT2D eigenvalue weighted by atomic mass is 10.2. The molecule has 32 heavy (non-hydrogen) atoms. The minimum absolute atomic E-state index is 0.0129. The van der Waals surface area contributed by atoms with Gasteiger partial charge in [0.05, 0.1) is 40.5 Å². The Balaban J connectivity index is 1.32. The number of benzene rings is 2. The fraction of sp³-hybridized carbons (Fsp3) is 0.364. The number of aromatic nitrogens is 1. The number of ether oxygens (including phenoxy) is 1. The number of sulfone groups is 1. The zero-order chi connectivity index (χ0) is 22.1. The lowest BCUT2D eigenvalue weighted by molar-refractivity contribution is 0.102. The van der Waals surface area contributed by atoms with Crippen LogP contribution in [0.2, 0.25) is 0 Å². The smallest absolute Gasteiger partial charge is 0.256 e. The van der Waals surface area contributed by atoms with E-state index >= 15 is 0 Å². The van der Waals surface area contributed by atoms with E-state index in [2.05, 4.69) is 10.2 Å². The third-order valence-electron chi connectivity index (χ3n) is 5.53. The molecule has 3 aromatic rings. The summed E-state index contributed by atoms with van der Waals surface area (Å²) in [6, 6.07) is 13.1. The van der Waals surface area contributed by atoms with E-state index in [1.807, 2.05) is 36.4 Å². The Morgan fingerprint density at radius 2 is 2.00 bits per heavy atom. The van der Waals surface area contributed by atoms with Gasteiger partial charge in [-0.05, 0) is 36.8 Å². The fourth-order valence-electron chi connectivity index (χ4n) is 3.87. The van der Waals surface area contributed by atoms with Gasteiger partial charge in [0.2, 0.25) is 0 Å². The van der Waals surface area contributed by atoms with Crippen molar-refractivity contribution in [1.29, 1.82) is 0 Å². The molecule has 10 heteroatoms. The summed E-state index contributed by atoms with van der Waals surface area (Å²) in [5.41, 5.74) is 2.18. The number of anilines is 2. The van der Waals surface area contributed by atoms with Gasteiger partial charge in [0, 0.05) is 28.9 Å². The summed E-state index contributed by atoms with van der Waals surface area (Å²) >= 11 is 3.09. The largest absolute Gasteiger partial charge is 0.378 e. The molecule has 0 aliphatic carbocycles. The van der Waals surface area contributed by atoms with Crippen molar-refractivity contribution in [3.8, 4) is 0 Å². The number of thiazole rings is 1. The first-order valence-electron chi connectivity index (χ1n) is 10.5. The summed E-state index contributed by atoms with van der Waals surface area (Å²) in [6.45, 7) is 3.09. The Hall–Kier alpha value is -2.14. The number of amides is 1. The van der Waals surface area contributed by atoms with Crippen LogP contribution >= 0.6 is 23.1 Å². The second kappa shape index (κ2) is 9.01. The normalized spacial score (nSPS) is 20.5. The molecule has 0 radical (unpaired) electrons. The number of hydrogen-bond acceptors (Lipinski definition) is 8. The van der Waals surface area contributed by atoms with Crippen molar-refractivity contribution in [2.75, 3.05) is 48.0 Å². The average molecular weight is 490 g/mol. The number of thioether (sulfide) groups is 1. The van der Waals surface area contributed by atoms with Gasteiger partial charge in [-0.25, -0.2) is 13.4 Å². The van der Waals surface area contributed by atoms with Crippen LogP contribution in [0, 0.1) is 0 Å². The van der Waals surface area contributed by atoms with Crippen molar-refractivity contribution in [2.45, 2.75) is 16.6 Å². The standard InChI is InChI=1S/C22H23N3O4S3/c26-21(17-3-1-2-4-19(17)30-16-7-12-32(27,28)14-16)23-15-5-6-18-20(13-15)31-22(24-18)25-8-10-29-11-9-25/h1-6,13,16H,7-12,14H2,(H,23,26). The maximum Gasteiger partial charge on any atom is 0.256 e. The van der Waals surface area contributed by atoms with Crippen LogP contribution in [0.4, 0.5) is 10.8 Å². The molecule has 1 aromatic heterocycles. The van der Waals surface area contributed by atoms with Gasteiger partial charge in [-0.2, -0.15) is 0 Å². The van der Waals surface area contributed by atoms with E-state index in [-0.39, 0.29) is 22.7 Å². The molecule has 2 fully saturated rings. The van der Waals surface area contributed by atoms with Gasteiger partial charge >= 0.3 is 0 Å². The Labute approximate surface area is 195 Å². The van der Waals surface area contributed by atoms with Crippen LogP contribution in [0.1, 0.15) is 16.8 Å². The zero-order valence-corrected chi connectivity index (χ0v) is 19.8. The van der Waals surface area contributed by atoms with Crippen LogP contribution in [0.5, 0.6) is 0 Å². The van der Waals surface area contributed by atoms with Crippen molar-refractivity contribution in [2.24, 2.45) is 0 Å². The third-order valence-corrected chi connectivity index (χ3v) is 9.94. The lowest BCUT2D eigenvalue weighted by Gasteiger charge is -2.25. The van der Waals surface area contributed by atoms with Crippen LogP contribution in [-0.4, -0.2) is 62.4 Å². The van der Waals surface area contributed by atoms with Crippen LogP contribution in [0.3, 0.4) is 0 Å². The molecule has 3 heterocycles. The van der Waals surface area contributed by atoms with Crippen molar-refractivity contribution < 1.29 is 17.9 Å². The van der Waals surface area contributed by atoms with Crippen LogP contribution in [0.15, 0.2) is 47.4 Å². The summed E-state index contributed by atoms with van der Waals surface area (Å²) in [6.07, 6.45) is 0.622. The number of carbonyl (C=O) groups excluding carboxylic acids is 1. The van der Waals surface area contributed by atoms with E-state index in [4.69, 9.17) is 9.72 Å². The van der Waals surface area contributed by atoms with E-state index in [1.54, 1.807) is 17.4 Å². The maximum absolute atomic E-state index is 13.0. The zero-order valence-electron chi connectivity index (χ0n) is 17.3. The first-order chi connectivity index (χ1) is 15.5. The second-order valence-electron chi connectivity index (χ2n) is 7.87. The second-order valence-corrected chi connectivity index (χ2v) is 12.5. The quantitative estimate of drug-likeness (QED) is 0.585. The first kappa shape index (κ1) is 21.7. The number of carbonyl (C=O) groups is 1. The predicted molar refractivity (Wildman–Crippen MR) is 130 cm³/mol. The highest BCUT2D eigenvalue weighted by Crippen LogP contribution is 2.34. The molecule has 0 bridgehead atoms. The van der Waals surface area contributed by atoms with Crippen molar-refractivity contribution in [3.63, 3.8) is 0 Å². The SMILES string of the molecule is O=C(Nc1ccc2nc(N3CCOCC3)sc2c1)c1ccccc1SC1CCS(=O)(=O)C1. The molecule has 2 aliphatic rings. The van der Waals surface area contributed by atoms with Gasteiger partial charge in [-0.3, -0.25) is 4.79 Å². The summed E-state index contributed by atoms with van der Waals surface area (Å²) in [4.78, 5) is 20.8. The molecule has 1 amide bonds. The maximum atomic E-state index is 13.0. The lowest BCUT2D eigenvalue weighted by Crippen LogP contribution is -2.36. The Bertz CT molecular complexity index is 1250. The van der Waals surface area contributed by atoms with E-state index in [9.17, 15) is 13.2 Å². The highest BCUT2D eigenvalue weighted by Gasteiger charge is 2.29. The van der Waals surface area contributed by atoms with E-state index in [0.717, 1.165) is 33.3 Å². The topological polar surface area (TPSA) is 88.6 Å². The van der Waals surface area contributed by atoms with Gasteiger partial charge in [-0.1, -0.05) is 23.5 Å². The Morgan fingerprint density at radius 1 is 1.19 bits per heavy atom. The van der Waals surface area contributed by atoms with Crippen LogP contribution in [-0.2, 0) is 14.6 Å². The highest BCUT2D eigenvalue weighted by molar-refractivity contribution is 8.02. The summed E-state index contributed by atoms with van der Waals surface area (Å²) in [5, 5.41) is 3.95. The number of hydrogen-bond donors (Lipinski definition) is 1. The number of rotatable bonds is 5. The van der Waals surface area contributed by atoms with Crippen molar-refractivity contribution in [3.05, 3.63) is 48.0 Å². The number of fused-ring (bicyclic) bond motifs is 1. The number of nitrogens with one attached hydrogen (secondary N) is 1. The molecule has 1 N–H and O–H groups in total. The van der Waals surface area contributed by atoms with E-state index in [1.165, 1.54) is 11.8 Å². The molecule has 2 aliphatic heterocycles. The summed E-state index contributed by atoms with van der Waals surface area (Å²) in [5.74, 6) is 0.188. The molecule has 5 rings (SSSR count). The molecule has 7 nitrogen and oxygen atoms in total. The molecule has 2 aromatic carbocycles. The minimum Gasteiger partial charge on any atom is -0.378 e. The number of morpholine rings is 1. The molecule has 1 atom stereocenters. The number of nitrogens with zero attached hydrogens (tertiary/aromatic N) is 2. The molecule has 2 saturated heterocycles. The van der Waals surface area contributed by atoms with Gasteiger partial charge in [-0.15, -0.1) is 11.8 Å².